The molecule has 1 saturated heterocycles. The highest BCUT2D eigenvalue weighted by Crippen LogP contribution is 2.45. The lowest BCUT2D eigenvalue weighted by molar-refractivity contribution is -0.132. The van der Waals surface area contributed by atoms with Crippen molar-refractivity contribution in [2.45, 2.75) is 68.1 Å². The summed E-state index contributed by atoms with van der Waals surface area (Å²) in [5.74, 6) is -1.27. The van der Waals surface area contributed by atoms with Crippen molar-refractivity contribution in [3.8, 4) is 0 Å². The number of halogens is 4. The molecule has 4 rings (SSSR count). The maximum atomic E-state index is 14.1. The lowest BCUT2D eigenvalue weighted by Crippen LogP contribution is -2.51. The molecule has 5 nitrogen and oxygen atoms in total. The second kappa shape index (κ2) is 9.72. The zero-order valence-electron chi connectivity index (χ0n) is 18.9. The Morgan fingerprint density at radius 3 is 2.26 bits per heavy atom. The van der Waals surface area contributed by atoms with Gasteiger partial charge in [-0.25, -0.2) is 4.79 Å². The van der Waals surface area contributed by atoms with Crippen LogP contribution in [-0.2, 0) is 9.53 Å². The molecule has 0 aromatic heterocycles. The van der Waals surface area contributed by atoms with Crippen molar-refractivity contribution in [3.63, 3.8) is 0 Å². The largest absolute Gasteiger partial charge is 0.441 e. The summed E-state index contributed by atoms with van der Waals surface area (Å²) in [6.07, 6.45) is 1.80. The third kappa shape index (κ3) is 4.96. The molecule has 34 heavy (non-hydrogen) atoms. The number of rotatable bonds is 5. The zero-order chi connectivity index (χ0) is 24.7. The average Bonchev–Trinajstić information content (AvgIpc) is 3.03. The van der Waals surface area contributed by atoms with E-state index in [2.05, 4.69) is 38.5 Å². The summed E-state index contributed by atoms with van der Waals surface area (Å²) in [6.45, 7) is 3.81. The van der Waals surface area contributed by atoms with E-state index in [0.717, 1.165) is 9.13 Å². The summed E-state index contributed by atoms with van der Waals surface area (Å²) in [5.41, 5.74) is 0.768. The molecule has 9 heteroatoms. The summed E-state index contributed by atoms with van der Waals surface area (Å²) in [5, 5.41) is 0. The van der Waals surface area contributed by atoms with Gasteiger partial charge in [0, 0.05) is 31.6 Å². The van der Waals surface area contributed by atoms with E-state index in [1.165, 1.54) is 4.90 Å². The molecular weight excluding hydrogens is 621 g/mol. The van der Waals surface area contributed by atoms with Crippen LogP contribution in [0.4, 0.5) is 19.3 Å². The van der Waals surface area contributed by atoms with E-state index >= 15 is 0 Å². The van der Waals surface area contributed by atoms with Gasteiger partial charge in [-0.2, -0.15) is 8.78 Å². The van der Waals surface area contributed by atoms with Crippen molar-refractivity contribution in [2.24, 2.45) is 0 Å². The number of hydrogen-bond donors (Lipinski definition) is 0. The van der Waals surface area contributed by atoms with Crippen LogP contribution in [0.2, 0.25) is 0 Å². The average molecular weight is 647 g/mol. The SMILES string of the molecule is CC1(C)OC(=O)N([C@H]2CC[C@H](N(C(=O)C(F)(F)Br)c3ccccc3I)CC2)[C@H]1c1ccccc1. The van der Waals surface area contributed by atoms with E-state index in [4.69, 9.17) is 4.74 Å². The van der Waals surface area contributed by atoms with Gasteiger partial charge in [0.05, 0.1) is 11.7 Å². The monoisotopic (exact) mass is 646 g/mol. The van der Waals surface area contributed by atoms with E-state index in [-0.39, 0.29) is 18.2 Å². The van der Waals surface area contributed by atoms with Gasteiger partial charge in [0.15, 0.2) is 0 Å². The third-order valence-electron chi connectivity index (χ3n) is 6.61. The Morgan fingerprint density at radius 1 is 1.09 bits per heavy atom. The number of benzene rings is 2. The summed E-state index contributed by atoms with van der Waals surface area (Å²) in [6, 6.07) is 16.1. The zero-order valence-corrected chi connectivity index (χ0v) is 22.6. The summed E-state index contributed by atoms with van der Waals surface area (Å²) in [4.78, 5) is 25.1. The lowest BCUT2D eigenvalue weighted by Gasteiger charge is -2.41. The fraction of sp³-hybridized carbons (Fsp3) is 0.440. The number of para-hydroxylation sites is 1. The van der Waals surface area contributed by atoms with Crippen LogP contribution in [0.1, 0.15) is 51.1 Å². The van der Waals surface area contributed by atoms with Crippen molar-refractivity contribution < 1.29 is 23.1 Å². The molecule has 0 spiro atoms. The van der Waals surface area contributed by atoms with Gasteiger partial charge in [-0.3, -0.25) is 9.69 Å². The first-order valence-electron chi connectivity index (χ1n) is 11.2. The second-order valence-corrected chi connectivity index (χ2v) is 11.4. The van der Waals surface area contributed by atoms with Gasteiger partial charge < -0.3 is 9.64 Å². The Labute approximate surface area is 220 Å². The number of hydrogen-bond acceptors (Lipinski definition) is 3. The van der Waals surface area contributed by atoms with Gasteiger partial charge in [0.2, 0.25) is 0 Å². The number of amides is 2. The van der Waals surface area contributed by atoms with Crippen LogP contribution >= 0.6 is 38.5 Å². The molecule has 0 radical (unpaired) electrons. The number of anilines is 1. The molecule has 1 atom stereocenters. The Bertz CT molecular complexity index is 1060. The predicted molar refractivity (Wildman–Crippen MR) is 138 cm³/mol. The van der Waals surface area contributed by atoms with Crippen LogP contribution in [0.25, 0.3) is 0 Å². The van der Waals surface area contributed by atoms with Gasteiger partial charge in [0.1, 0.15) is 5.60 Å². The molecule has 182 valence electrons. The Kier molecular flexibility index (Phi) is 7.24. The number of nitrogens with zero attached hydrogens (tertiary/aromatic N) is 2. The van der Waals surface area contributed by atoms with Crippen molar-refractivity contribution in [2.75, 3.05) is 4.90 Å². The van der Waals surface area contributed by atoms with Crippen LogP contribution in [0.15, 0.2) is 54.6 Å². The fourth-order valence-corrected chi connectivity index (χ4v) is 6.02. The van der Waals surface area contributed by atoms with Crippen LogP contribution in [0.5, 0.6) is 0 Å². The molecule has 2 fully saturated rings. The normalized spacial score (nSPS) is 24.6. The first kappa shape index (κ1) is 25.3. The van der Waals surface area contributed by atoms with Crippen molar-refractivity contribution in [3.05, 3.63) is 63.7 Å². The molecule has 1 saturated carbocycles. The Morgan fingerprint density at radius 2 is 1.68 bits per heavy atom. The second-order valence-electron chi connectivity index (χ2n) is 9.28. The summed E-state index contributed by atoms with van der Waals surface area (Å²) >= 11 is 4.32. The maximum absolute atomic E-state index is 14.1. The first-order chi connectivity index (χ1) is 16.0. The quantitative estimate of drug-likeness (QED) is 0.263. The third-order valence-corrected chi connectivity index (χ3v) is 7.86. The molecule has 0 unspecified atom stereocenters. The van der Waals surface area contributed by atoms with Crippen LogP contribution in [-0.4, -0.2) is 39.4 Å². The molecular formula is C25H26BrF2IN2O3. The lowest BCUT2D eigenvalue weighted by atomic mass is 9.85. The number of carbonyl (C=O) groups is 2. The molecule has 2 amide bonds. The molecule has 1 heterocycles. The Hall–Kier alpha value is -1.75. The van der Waals surface area contributed by atoms with Crippen molar-refractivity contribution in [1.29, 1.82) is 0 Å². The van der Waals surface area contributed by atoms with E-state index in [9.17, 15) is 18.4 Å². The highest BCUT2D eigenvalue weighted by molar-refractivity contribution is 14.1. The fourth-order valence-electron chi connectivity index (χ4n) is 5.18. The topological polar surface area (TPSA) is 49.9 Å². The van der Waals surface area contributed by atoms with E-state index in [1.807, 2.05) is 55.1 Å². The molecule has 2 aliphatic rings. The predicted octanol–water partition coefficient (Wildman–Crippen LogP) is 6.90. The molecule has 2 aromatic carbocycles. The highest BCUT2D eigenvalue weighted by atomic mass is 127. The highest BCUT2D eigenvalue weighted by Gasteiger charge is 2.52. The van der Waals surface area contributed by atoms with Gasteiger partial charge in [-0.1, -0.05) is 42.5 Å². The number of cyclic esters (lactones) is 1. The van der Waals surface area contributed by atoms with Crippen LogP contribution in [0.3, 0.4) is 0 Å². The van der Waals surface area contributed by atoms with Gasteiger partial charge in [0.25, 0.3) is 0 Å². The first-order valence-corrected chi connectivity index (χ1v) is 13.1. The molecule has 1 aliphatic heterocycles. The number of ether oxygens (including phenoxy) is 1. The van der Waals surface area contributed by atoms with Crippen LogP contribution < -0.4 is 4.90 Å². The minimum absolute atomic E-state index is 0.105. The van der Waals surface area contributed by atoms with E-state index < -0.39 is 22.4 Å². The summed E-state index contributed by atoms with van der Waals surface area (Å²) in [7, 11) is 0. The smallest absolute Gasteiger partial charge is 0.411 e. The maximum Gasteiger partial charge on any atom is 0.411 e. The van der Waals surface area contributed by atoms with Gasteiger partial charge in [-0.15, -0.1) is 0 Å². The molecule has 0 N–H and O–H groups in total. The van der Waals surface area contributed by atoms with E-state index in [0.29, 0.717) is 31.4 Å². The molecule has 0 bridgehead atoms. The van der Waals surface area contributed by atoms with Gasteiger partial charge >= 0.3 is 16.8 Å². The van der Waals surface area contributed by atoms with Crippen LogP contribution in [0, 0.1) is 3.57 Å². The minimum Gasteiger partial charge on any atom is -0.441 e. The summed E-state index contributed by atoms with van der Waals surface area (Å²) < 4.78 is 34.6. The Balaban J connectivity index is 1.58. The van der Waals surface area contributed by atoms with E-state index in [1.54, 1.807) is 18.2 Å². The molecule has 2 aromatic rings. The van der Waals surface area contributed by atoms with Gasteiger partial charge in [-0.05, 0) is 79.8 Å². The van der Waals surface area contributed by atoms with Crippen molar-refractivity contribution >= 4 is 56.2 Å². The molecule has 1 aliphatic carbocycles. The standard InChI is InChI=1S/C25H26BrF2IN2O3/c1-24(2)21(16-8-4-3-5-9-16)31(23(33)34-24)18-14-12-17(13-15-18)30(22(32)25(26,27)28)20-11-7-6-10-19(20)29/h3-11,17-18,21H,12-15H2,1-2H3/t17-,18-,21-/m0/s1. The number of alkyl halides is 3. The number of carbonyl (C=O) groups excluding carboxylic acids is 2. The van der Waals surface area contributed by atoms with Crippen molar-refractivity contribution in [1.82, 2.24) is 4.90 Å². The minimum atomic E-state index is -3.66.